The standard InChI is InChI=1S/C20H24N4S2/c1-23-19(21-22-20(23)26-15-16-7-3-2-4-8-16)17-9-5-11-24(13-17)14-18-10-6-12-25-18/h2-4,6-8,10,12,17H,5,9,11,13-15H2,1H3/p+1/t17-/m1/s1. The Hall–Kier alpha value is -1.63. The van der Waals surface area contributed by atoms with E-state index >= 15 is 0 Å². The molecule has 0 aliphatic carbocycles. The van der Waals surface area contributed by atoms with Crippen LogP contribution in [0.3, 0.4) is 0 Å². The van der Waals surface area contributed by atoms with E-state index in [0.717, 1.165) is 29.8 Å². The zero-order valence-electron chi connectivity index (χ0n) is 15.1. The summed E-state index contributed by atoms with van der Waals surface area (Å²) in [7, 11) is 2.12. The molecule has 0 saturated carbocycles. The van der Waals surface area contributed by atoms with Crippen LogP contribution in [0.15, 0.2) is 53.0 Å². The highest BCUT2D eigenvalue weighted by atomic mass is 32.2. The fourth-order valence-electron chi connectivity index (χ4n) is 3.72. The van der Waals surface area contributed by atoms with E-state index in [9.17, 15) is 0 Å². The molecule has 2 aromatic heterocycles. The van der Waals surface area contributed by atoms with E-state index in [1.54, 1.807) is 16.7 Å². The number of hydrogen-bond acceptors (Lipinski definition) is 4. The van der Waals surface area contributed by atoms with Gasteiger partial charge in [-0.25, -0.2) is 0 Å². The molecule has 3 heterocycles. The van der Waals surface area contributed by atoms with Gasteiger partial charge in [0.2, 0.25) is 0 Å². The van der Waals surface area contributed by atoms with E-state index in [1.807, 2.05) is 11.3 Å². The number of quaternary nitrogens is 1. The van der Waals surface area contributed by atoms with Crippen molar-refractivity contribution in [1.29, 1.82) is 0 Å². The summed E-state index contributed by atoms with van der Waals surface area (Å²) in [5.74, 6) is 2.61. The minimum atomic E-state index is 0.516. The number of likely N-dealkylation sites (tertiary alicyclic amines) is 1. The Morgan fingerprint density at radius 1 is 1.19 bits per heavy atom. The number of aromatic nitrogens is 3. The Balaban J connectivity index is 1.40. The molecule has 4 rings (SSSR count). The summed E-state index contributed by atoms with van der Waals surface area (Å²) in [5, 5.41) is 12.2. The molecule has 0 bridgehead atoms. The number of benzene rings is 1. The number of hydrogen-bond donors (Lipinski definition) is 1. The second-order valence-electron chi connectivity index (χ2n) is 6.97. The fourth-order valence-corrected chi connectivity index (χ4v) is 5.37. The van der Waals surface area contributed by atoms with Crippen LogP contribution in [-0.2, 0) is 19.3 Å². The zero-order valence-corrected chi connectivity index (χ0v) is 16.7. The summed E-state index contributed by atoms with van der Waals surface area (Å²) in [5.41, 5.74) is 1.33. The van der Waals surface area contributed by atoms with Crippen LogP contribution >= 0.6 is 23.1 Å². The molecule has 4 nitrogen and oxygen atoms in total. The van der Waals surface area contributed by atoms with Crippen LogP contribution in [0.5, 0.6) is 0 Å². The van der Waals surface area contributed by atoms with Gasteiger partial charge in [0.05, 0.1) is 23.9 Å². The van der Waals surface area contributed by atoms with E-state index in [0.29, 0.717) is 5.92 Å². The molecule has 136 valence electrons. The number of nitrogens with one attached hydrogen (secondary N) is 1. The number of nitrogens with zero attached hydrogens (tertiary/aromatic N) is 3. The van der Waals surface area contributed by atoms with Crippen LogP contribution in [0.4, 0.5) is 0 Å². The Bertz CT molecular complexity index is 814. The summed E-state index contributed by atoms with van der Waals surface area (Å²) in [6, 6.07) is 15.0. The molecule has 2 atom stereocenters. The predicted octanol–water partition coefficient (Wildman–Crippen LogP) is 3.13. The first-order valence-corrected chi connectivity index (χ1v) is 11.1. The molecule has 0 amide bonds. The molecule has 0 spiro atoms. The smallest absolute Gasteiger partial charge is 0.191 e. The Morgan fingerprint density at radius 2 is 2.08 bits per heavy atom. The maximum Gasteiger partial charge on any atom is 0.191 e. The molecule has 26 heavy (non-hydrogen) atoms. The van der Waals surface area contributed by atoms with Crippen molar-refractivity contribution in [2.75, 3.05) is 13.1 Å². The van der Waals surface area contributed by atoms with Gasteiger partial charge in [0.15, 0.2) is 5.16 Å². The van der Waals surface area contributed by atoms with Crippen LogP contribution in [-0.4, -0.2) is 27.9 Å². The summed E-state index contributed by atoms with van der Waals surface area (Å²) in [6.07, 6.45) is 2.49. The van der Waals surface area contributed by atoms with Gasteiger partial charge in [0.1, 0.15) is 12.4 Å². The number of rotatable bonds is 6. The van der Waals surface area contributed by atoms with Gasteiger partial charge in [-0.2, -0.15) is 0 Å². The lowest BCUT2D eigenvalue weighted by molar-refractivity contribution is -0.919. The van der Waals surface area contributed by atoms with Crippen molar-refractivity contribution in [1.82, 2.24) is 14.8 Å². The molecule has 1 N–H and O–H groups in total. The summed E-state index contributed by atoms with van der Waals surface area (Å²) >= 11 is 3.64. The Labute approximate surface area is 163 Å². The molecular weight excluding hydrogens is 360 g/mol. The third-order valence-corrected chi connectivity index (χ3v) is 7.03. The first-order chi connectivity index (χ1) is 12.8. The molecule has 1 aliphatic rings. The van der Waals surface area contributed by atoms with Gasteiger partial charge < -0.3 is 9.47 Å². The largest absolute Gasteiger partial charge is 0.330 e. The molecule has 1 unspecified atom stereocenters. The lowest BCUT2D eigenvalue weighted by atomic mass is 9.97. The monoisotopic (exact) mass is 385 g/mol. The van der Waals surface area contributed by atoms with E-state index in [-0.39, 0.29) is 0 Å². The zero-order chi connectivity index (χ0) is 17.8. The summed E-state index contributed by atoms with van der Waals surface area (Å²) in [6.45, 7) is 3.57. The lowest BCUT2D eigenvalue weighted by Gasteiger charge is -2.29. The maximum atomic E-state index is 4.56. The Morgan fingerprint density at radius 3 is 2.88 bits per heavy atom. The second kappa shape index (κ2) is 8.37. The third kappa shape index (κ3) is 4.19. The van der Waals surface area contributed by atoms with Gasteiger partial charge in [0, 0.05) is 12.8 Å². The minimum absolute atomic E-state index is 0.516. The van der Waals surface area contributed by atoms with Gasteiger partial charge in [-0.1, -0.05) is 48.2 Å². The Kier molecular flexibility index (Phi) is 5.72. The normalized spacial score (nSPS) is 20.3. The molecule has 0 radical (unpaired) electrons. The first kappa shape index (κ1) is 17.8. The highest BCUT2D eigenvalue weighted by Crippen LogP contribution is 2.26. The third-order valence-electron chi connectivity index (χ3n) is 5.07. The number of thioether (sulfide) groups is 1. The molecular formula is C20H25N4S2+. The fraction of sp³-hybridized carbons (Fsp3) is 0.400. The van der Waals surface area contributed by atoms with Gasteiger partial charge >= 0.3 is 0 Å². The molecule has 1 saturated heterocycles. The summed E-state index contributed by atoms with van der Waals surface area (Å²) < 4.78 is 2.21. The van der Waals surface area contributed by atoms with Crippen molar-refractivity contribution < 1.29 is 4.90 Å². The van der Waals surface area contributed by atoms with Crippen LogP contribution in [0.1, 0.15) is 35.0 Å². The van der Waals surface area contributed by atoms with Gasteiger partial charge in [-0.15, -0.1) is 21.5 Å². The van der Waals surface area contributed by atoms with Gasteiger partial charge in [-0.3, -0.25) is 0 Å². The highest BCUT2D eigenvalue weighted by Gasteiger charge is 2.28. The van der Waals surface area contributed by atoms with Crippen molar-refractivity contribution in [2.45, 2.75) is 36.2 Å². The number of thiophene rings is 1. The average Bonchev–Trinajstić information content (AvgIpc) is 3.31. The van der Waals surface area contributed by atoms with E-state index < -0.39 is 0 Å². The lowest BCUT2D eigenvalue weighted by Crippen LogP contribution is -3.12. The van der Waals surface area contributed by atoms with Crippen LogP contribution < -0.4 is 4.90 Å². The van der Waals surface area contributed by atoms with Crippen molar-refractivity contribution >= 4 is 23.1 Å². The van der Waals surface area contributed by atoms with E-state index in [4.69, 9.17) is 0 Å². The predicted molar refractivity (Wildman–Crippen MR) is 108 cm³/mol. The molecule has 1 fully saturated rings. The summed E-state index contributed by atoms with van der Waals surface area (Å²) in [4.78, 5) is 3.16. The number of piperidine rings is 1. The van der Waals surface area contributed by atoms with E-state index in [2.05, 4.69) is 69.7 Å². The van der Waals surface area contributed by atoms with E-state index in [1.165, 1.54) is 29.8 Å². The quantitative estimate of drug-likeness (QED) is 0.662. The molecule has 6 heteroatoms. The average molecular weight is 386 g/mol. The van der Waals surface area contributed by atoms with Crippen LogP contribution in [0.25, 0.3) is 0 Å². The van der Waals surface area contributed by atoms with Crippen molar-refractivity contribution in [2.24, 2.45) is 7.05 Å². The molecule has 3 aromatic rings. The maximum absolute atomic E-state index is 4.56. The van der Waals surface area contributed by atoms with Gasteiger partial charge in [-0.05, 0) is 29.9 Å². The molecule has 1 aliphatic heterocycles. The first-order valence-electron chi connectivity index (χ1n) is 9.21. The molecule has 1 aromatic carbocycles. The van der Waals surface area contributed by atoms with Crippen molar-refractivity contribution in [3.05, 3.63) is 64.1 Å². The highest BCUT2D eigenvalue weighted by molar-refractivity contribution is 7.98. The topological polar surface area (TPSA) is 35.1 Å². The van der Waals surface area contributed by atoms with Crippen LogP contribution in [0, 0.1) is 0 Å². The van der Waals surface area contributed by atoms with Crippen molar-refractivity contribution in [3.8, 4) is 0 Å². The second-order valence-corrected chi connectivity index (χ2v) is 8.95. The SMILES string of the molecule is Cn1c(SCc2ccccc2)nnc1[C@@H]1CCC[NH+](Cc2cccs2)C1. The minimum Gasteiger partial charge on any atom is -0.330 e. The van der Waals surface area contributed by atoms with Crippen LogP contribution in [0.2, 0.25) is 0 Å². The van der Waals surface area contributed by atoms with Gasteiger partial charge in [0.25, 0.3) is 0 Å². The van der Waals surface area contributed by atoms with Crippen molar-refractivity contribution in [3.63, 3.8) is 0 Å².